The summed E-state index contributed by atoms with van der Waals surface area (Å²) < 4.78 is 9.20. The average Bonchev–Trinajstić information content (AvgIpc) is 2.27. The maximum Gasteiger partial charge on any atom is 0.323 e. The van der Waals surface area contributed by atoms with E-state index in [0.29, 0.717) is 13.1 Å². The third-order valence-corrected chi connectivity index (χ3v) is 2.31. The lowest BCUT2D eigenvalue weighted by Crippen LogP contribution is -2.43. The van der Waals surface area contributed by atoms with E-state index in [4.69, 9.17) is 0 Å². The molecule has 0 aromatic carbocycles. The lowest BCUT2D eigenvalue weighted by atomic mass is 10.1. The molecule has 0 saturated heterocycles. The Morgan fingerprint density at radius 2 is 1.67 bits per heavy atom. The normalized spacial score (nSPS) is 12.3. The number of carbonyl (C=O) groups is 2. The van der Waals surface area contributed by atoms with E-state index >= 15 is 0 Å². The molecule has 0 fully saturated rings. The molecule has 0 saturated carbocycles. The molecule has 0 spiro atoms. The number of esters is 2. The Morgan fingerprint density at radius 1 is 1.13 bits per heavy atom. The number of methoxy groups -OCH3 is 2. The van der Waals surface area contributed by atoms with Crippen molar-refractivity contribution in [3.8, 4) is 0 Å². The van der Waals surface area contributed by atoms with Gasteiger partial charge in [-0.05, 0) is 13.1 Å². The first-order valence-corrected chi connectivity index (χ1v) is 4.99. The van der Waals surface area contributed by atoms with Gasteiger partial charge in [0.25, 0.3) is 0 Å². The highest BCUT2D eigenvalue weighted by atomic mass is 16.5. The molecule has 1 atom stereocenters. The molecule has 0 amide bonds. The third kappa shape index (κ3) is 4.29. The topological polar surface area (TPSA) is 55.8 Å². The van der Waals surface area contributed by atoms with Crippen molar-refractivity contribution in [2.45, 2.75) is 26.3 Å². The van der Waals surface area contributed by atoms with Gasteiger partial charge in [-0.3, -0.25) is 14.5 Å². The third-order valence-electron chi connectivity index (χ3n) is 2.31. The standard InChI is InChI=1S/C10H19NO4/c1-5-11(6-2)8(10(13)15-4)7-9(12)14-3/h8H,5-7H2,1-4H3/t8-/m0/s1. The molecule has 0 aromatic heterocycles. The van der Waals surface area contributed by atoms with Crippen molar-refractivity contribution in [3.63, 3.8) is 0 Å². The summed E-state index contributed by atoms with van der Waals surface area (Å²) in [5.74, 6) is -0.804. The number of likely N-dealkylation sites (N-methyl/N-ethyl adjacent to an activating group) is 1. The molecule has 0 radical (unpaired) electrons. The second-order valence-corrected chi connectivity index (χ2v) is 3.04. The maximum absolute atomic E-state index is 11.5. The molecule has 88 valence electrons. The monoisotopic (exact) mass is 217 g/mol. The zero-order chi connectivity index (χ0) is 11.8. The van der Waals surface area contributed by atoms with Crippen LogP contribution in [-0.2, 0) is 19.1 Å². The summed E-state index contributed by atoms with van der Waals surface area (Å²) in [6, 6.07) is -0.544. The van der Waals surface area contributed by atoms with Crippen LogP contribution in [0.15, 0.2) is 0 Å². The number of ether oxygens (including phenoxy) is 2. The van der Waals surface area contributed by atoms with Crippen molar-refractivity contribution in [3.05, 3.63) is 0 Å². The number of nitrogens with zero attached hydrogens (tertiary/aromatic N) is 1. The van der Waals surface area contributed by atoms with Gasteiger partial charge in [-0.15, -0.1) is 0 Å². The largest absolute Gasteiger partial charge is 0.469 e. The second kappa shape index (κ2) is 7.23. The number of carbonyl (C=O) groups excluding carboxylic acids is 2. The van der Waals surface area contributed by atoms with Gasteiger partial charge in [-0.25, -0.2) is 0 Å². The smallest absolute Gasteiger partial charge is 0.323 e. The lowest BCUT2D eigenvalue weighted by molar-refractivity contribution is -0.153. The van der Waals surface area contributed by atoms with Crippen LogP contribution in [0.4, 0.5) is 0 Å². The first-order valence-electron chi connectivity index (χ1n) is 4.99. The highest BCUT2D eigenvalue weighted by Crippen LogP contribution is 2.07. The van der Waals surface area contributed by atoms with Crippen LogP contribution in [0.5, 0.6) is 0 Å². The number of hydrogen-bond donors (Lipinski definition) is 0. The van der Waals surface area contributed by atoms with Crippen LogP contribution >= 0.6 is 0 Å². The predicted octanol–water partition coefficient (Wildman–Crippen LogP) is 0.433. The van der Waals surface area contributed by atoms with Crippen LogP contribution in [0.2, 0.25) is 0 Å². The fraction of sp³-hybridized carbons (Fsp3) is 0.800. The van der Waals surface area contributed by atoms with Gasteiger partial charge in [0, 0.05) is 0 Å². The van der Waals surface area contributed by atoms with Gasteiger partial charge in [-0.1, -0.05) is 13.8 Å². The van der Waals surface area contributed by atoms with Crippen LogP contribution in [0.25, 0.3) is 0 Å². The maximum atomic E-state index is 11.5. The van der Waals surface area contributed by atoms with Crippen molar-refractivity contribution in [1.29, 1.82) is 0 Å². The summed E-state index contributed by atoms with van der Waals surface area (Å²) in [7, 11) is 2.62. The van der Waals surface area contributed by atoms with Crippen LogP contribution in [0.1, 0.15) is 20.3 Å². The van der Waals surface area contributed by atoms with E-state index in [-0.39, 0.29) is 6.42 Å². The molecule has 0 bridgehead atoms. The molecule has 0 aliphatic carbocycles. The Hall–Kier alpha value is -1.10. The minimum Gasteiger partial charge on any atom is -0.469 e. The van der Waals surface area contributed by atoms with Crippen LogP contribution in [0, 0.1) is 0 Å². The van der Waals surface area contributed by atoms with Crippen molar-refractivity contribution >= 4 is 11.9 Å². The minimum atomic E-state index is -0.544. The van der Waals surface area contributed by atoms with Crippen LogP contribution in [-0.4, -0.2) is 50.2 Å². The van der Waals surface area contributed by atoms with E-state index in [0.717, 1.165) is 0 Å². The van der Waals surface area contributed by atoms with Gasteiger partial charge >= 0.3 is 11.9 Å². The SMILES string of the molecule is CCN(CC)[C@@H](CC(=O)OC)C(=O)OC. The van der Waals surface area contributed by atoms with Gasteiger partial charge in [0.15, 0.2) is 0 Å². The van der Waals surface area contributed by atoms with E-state index in [1.165, 1.54) is 14.2 Å². The van der Waals surface area contributed by atoms with Crippen molar-refractivity contribution in [2.24, 2.45) is 0 Å². The molecule has 0 N–H and O–H groups in total. The summed E-state index contributed by atoms with van der Waals surface area (Å²) in [5.41, 5.74) is 0. The van der Waals surface area contributed by atoms with Gasteiger partial charge in [-0.2, -0.15) is 0 Å². The van der Waals surface area contributed by atoms with E-state index in [9.17, 15) is 9.59 Å². The van der Waals surface area contributed by atoms with Gasteiger partial charge in [0.2, 0.25) is 0 Å². The van der Waals surface area contributed by atoms with Gasteiger partial charge in [0.1, 0.15) is 6.04 Å². The molecule has 0 rings (SSSR count). The van der Waals surface area contributed by atoms with Gasteiger partial charge in [0.05, 0.1) is 20.6 Å². The number of rotatable bonds is 6. The molecule has 15 heavy (non-hydrogen) atoms. The molecule has 0 heterocycles. The predicted molar refractivity (Wildman–Crippen MR) is 55.4 cm³/mol. The quantitative estimate of drug-likeness (QED) is 0.604. The Morgan fingerprint density at radius 3 is 2.00 bits per heavy atom. The van der Waals surface area contributed by atoms with E-state index in [1.54, 1.807) is 0 Å². The molecule has 0 unspecified atom stereocenters. The van der Waals surface area contributed by atoms with E-state index < -0.39 is 18.0 Å². The van der Waals surface area contributed by atoms with Crippen LogP contribution < -0.4 is 0 Å². The van der Waals surface area contributed by atoms with Crippen molar-refractivity contribution in [2.75, 3.05) is 27.3 Å². The fourth-order valence-corrected chi connectivity index (χ4v) is 1.40. The molecule has 0 aromatic rings. The minimum absolute atomic E-state index is 0.0326. The zero-order valence-electron chi connectivity index (χ0n) is 9.78. The van der Waals surface area contributed by atoms with E-state index in [2.05, 4.69) is 9.47 Å². The summed E-state index contributed by atoms with van der Waals surface area (Å²) >= 11 is 0. The summed E-state index contributed by atoms with van der Waals surface area (Å²) in [6.07, 6.45) is 0.0326. The highest BCUT2D eigenvalue weighted by molar-refractivity contribution is 5.82. The molecular formula is C10H19NO4. The van der Waals surface area contributed by atoms with Crippen LogP contribution in [0.3, 0.4) is 0 Å². The Kier molecular flexibility index (Phi) is 6.70. The Bertz CT molecular complexity index is 213. The summed E-state index contributed by atoms with van der Waals surface area (Å²) in [4.78, 5) is 24.4. The zero-order valence-corrected chi connectivity index (χ0v) is 9.78. The molecular weight excluding hydrogens is 198 g/mol. The molecule has 5 heteroatoms. The first kappa shape index (κ1) is 13.9. The van der Waals surface area contributed by atoms with Crippen molar-refractivity contribution in [1.82, 2.24) is 4.90 Å². The molecule has 0 aliphatic heterocycles. The second-order valence-electron chi connectivity index (χ2n) is 3.04. The molecule has 0 aliphatic rings. The lowest BCUT2D eigenvalue weighted by Gasteiger charge is -2.26. The van der Waals surface area contributed by atoms with Crippen molar-refractivity contribution < 1.29 is 19.1 Å². The Labute approximate surface area is 90.3 Å². The van der Waals surface area contributed by atoms with Gasteiger partial charge < -0.3 is 9.47 Å². The fourth-order valence-electron chi connectivity index (χ4n) is 1.40. The Balaban J connectivity index is 4.56. The summed E-state index contributed by atoms with van der Waals surface area (Å²) in [6.45, 7) is 5.23. The highest BCUT2D eigenvalue weighted by Gasteiger charge is 2.27. The molecule has 5 nitrogen and oxygen atoms in total. The van der Waals surface area contributed by atoms with E-state index in [1.807, 2.05) is 18.7 Å². The summed E-state index contributed by atoms with van der Waals surface area (Å²) in [5, 5.41) is 0. The first-order chi connectivity index (χ1) is 7.10. The number of hydrogen-bond acceptors (Lipinski definition) is 5. The average molecular weight is 217 g/mol.